The van der Waals surface area contributed by atoms with Gasteiger partial charge < -0.3 is 5.11 Å². The van der Waals surface area contributed by atoms with Crippen LogP contribution in [-0.2, 0) is 11.2 Å². The minimum atomic E-state index is -0.364. The Hall–Kier alpha value is -2.70. The van der Waals surface area contributed by atoms with Gasteiger partial charge in [-0.3, -0.25) is 4.79 Å². The number of carbonyl (C=O) groups excluding carboxylic acids is 1. The summed E-state index contributed by atoms with van der Waals surface area (Å²) in [5.41, 5.74) is 11.7. The molecule has 6 nitrogen and oxygen atoms in total. The average molecular weight is 338 g/mol. The van der Waals surface area contributed by atoms with Gasteiger partial charge in [-0.05, 0) is 36.1 Å². The Kier molecular flexibility index (Phi) is 5.42. The van der Waals surface area contributed by atoms with Crippen LogP contribution in [0.1, 0.15) is 36.1 Å². The number of phenolic OH excluding ortho intramolecular Hbond substituents is 1. The molecular weight excluding hydrogens is 316 g/mol. The van der Waals surface area contributed by atoms with Crippen LogP contribution in [-0.4, -0.2) is 23.3 Å². The minimum absolute atomic E-state index is 0.0869. The van der Waals surface area contributed by atoms with Crippen molar-refractivity contribution in [2.75, 3.05) is 0 Å². The van der Waals surface area contributed by atoms with Crippen LogP contribution < -0.4 is 16.3 Å². The van der Waals surface area contributed by atoms with E-state index in [1.807, 2.05) is 0 Å². The number of para-hydroxylation sites is 1. The third-order valence-corrected chi connectivity index (χ3v) is 4.33. The van der Waals surface area contributed by atoms with E-state index in [1.54, 1.807) is 24.3 Å². The Balaban J connectivity index is 1.54. The van der Waals surface area contributed by atoms with Crippen molar-refractivity contribution in [1.29, 1.82) is 0 Å². The number of benzene rings is 2. The monoisotopic (exact) mass is 338 g/mol. The SMILES string of the molecule is CCc1ccc(C2CC(C(=O)N/N=C/c3ccccc3O)NN2)cc1. The lowest BCUT2D eigenvalue weighted by molar-refractivity contribution is -0.122. The molecule has 0 aromatic heterocycles. The van der Waals surface area contributed by atoms with Crippen LogP contribution in [0.4, 0.5) is 0 Å². The van der Waals surface area contributed by atoms with Crippen molar-refractivity contribution in [2.24, 2.45) is 5.10 Å². The van der Waals surface area contributed by atoms with Gasteiger partial charge in [0.25, 0.3) is 5.91 Å². The predicted octanol–water partition coefficient (Wildman–Crippen LogP) is 2.01. The van der Waals surface area contributed by atoms with Crippen molar-refractivity contribution < 1.29 is 9.90 Å². The summed E-state index contributed by atoms with van der Waals surface area (Å²) < 4.78 is 0. The van der Waals surface area contributed by atoms with Crippen molar-refractivity contribution in [2.45, 2.75) is 31.8 Å². The van der Waals surface area contributed by atoms with Crippen molar-refractivity contribution >= 4 is 12.1 Å². The first-order chi connectivity index (χ1) is 12.2. The summed E-state index contributed by atoms with van der Waals surface area (Å²) in [6, 6.07) is 14.9. The summed E-state index contributed by atoms with van der Waals surface area (Å²) >= 11 is 0. The molecule has 6 heteroatoms. The molecule has 2 aromatic rings. The van der Waals surface area contributed by atoms with Crippen LogP contribution in [0, 0.1) is 0 Å². The van der Waals surface area contributed by atoms with Crippen LogP contribution in [0.5, 0.6) is 5.75 Å². The summed E-state index contributed by atoms with van der Waals surface area (Å²) in [7, 11) is 0. The fourth-order valence-electron chi connectivity index (χ4n) is 2.77. The van der Waals surface area contributed by atoms with Crippen LogP contribution >= 0.6 is 0 Å². The summed E-state index contributed by atoms with van der Waals surface area (Å²) in [6.45, 7) is 2.13. The van der Waals surface area contributed by atoms with Crippen molar-refractivity contribution in [3.05, 3.63) is 65.2 Å². The molecule has 0 aliphatic carbocycles. The molecule has 1 amide bonds. The molecule has 0 spiro atoms. The molecule has 2 aromatic carbocycles. The standard InChI is InChI=1S/C19H22N4O2/c1-2-13-7-9-14(10-8-13)16-11-17(22-21-16)19(25)23-20-12-15-5-3-4-6-18(15)24/h3-10,12,16-17,21-22,24H,2,11H2,1H3,(H,23,25)/b20-12+. The van der Waals surface area contributed by atoms with Crippen LogP contribution in [0.15, 0.2) is 53.6 Å². The smallest absolute Gasteiger partial charge is 0.258 e. The van der Waals surface area contributed by atoms with Gasteiger partial charge in [-0.15, -0.1) is 0 Å². The molecule has 0 radical (unpaired) electrons. The first-order valence-electron chi connectivity index (χ1n) is 8.38. The van der Waals surface area contributed by atoms with Gasteiger partial charge in [-0.25, -0.2) is 16.3 Å². The van der Waals surface area contributed by atoms with E-state index in [-0.39, 0.29) is 23.7 Å². The minimum Gasteiger partial charge on any atom is -0.507 e. The average Bonchev–Trinajstić information content (AvgIpc) is 3.13. The molecule has 2 unspecified atom stereocenters. The van der Waals surface area contributed by atoms with Gasteiger partial charge in [0.05, 0.1) is 6.21 Å². The highest BCUT2D eigenvalue weighted by molar-refractivity contribution is 5.86. The molecule has 4 N–H and O–H groups in total. The Morgan fingerprint density at radius 2 is 2.00 bits per heavy atom. The number of nitrogens with one attached hydrogen (secondary N) is 3. The first kappa shape index (κ1) is 17.1. The topological polar surface area (TPSA) is 85.8 Å². The largest absolute Gasteiger partial charge is 0.507 e. The lowest BCUT2D eigenvalue weighted by atomic mass is 10.00. The molecule has 1 fully saturated rings. The maximum Gasteiger partial charge on any atom is 0.258 e. The Labute approximate surface area is 146 Å². The Morgan fingerprint density at radius 1 is 1.24 bits per heavy atom. The third-order valence-electron chi connectivity index (χ3n) is 4.33. The number of phenols is 1. The molecule has 1 aliphatic rings. The summed E-state index contributed by atoms with van der Waals surface area (Å²) in [4.78, 5) is 12.2. The molecular formula is C19H22N4O2. The zero-order valence-electron chi connectivity index (χ0n) is 14.1. The van der Waals surface area contributed by atoms with Crippen molar-refractivity contribution in [3.63, 3.8) is 0 Å². The van der Waals surface area contributed by atoms with Gasteiger partial charge in [-0.2, -0.15) is 5.10 Å². The number of hydrogen-bond acceptors (Lipinski definition) is 5. The van der Waals surface area contributed by atoms with Gasteiger partial charge in [0, 0.05) is 11.6 Å². The van der Waals surface area contributed by atoms with E-state index >= 15 is 0 Å². The number of rotatable bonds is 5. The molecule has 1 saturated heterocycles. The van der Waals surface area contributed by atoms with E-state index in [0.717, 1.165) is 12.0 Å². The lowest BCUT2D eigenvalue weighted by Crippen LogP contribution is -2.41. The number of aromatic hydroxyl groups is 1. The van der Waals surface area contributed by atoms with Gasteiger partial charge in [0.15, 0.2) is 0 Å². The first-order valence-corrected chi connectivity index (χ1v) is 8.38. The lowest BCUT2D eigenvalue weighted by Gasteiger charge is -2.10. The maximum atomic E-state index is 12.2. The second-order valence-corrected chi connectivity index (χ2v) is 6.02. The number of nitrogens with zero attached hydrogens (tertiary/aromatic N) is 1. The highest BCUT2D eigenvalue weighted by atomic mass is 16.3. The van der Waals surface area contributed by atoms with E-state index in [1.165, 1.54) is 11.8 Å². The van der Waals surface area contributed by atoms with E-state index in [9.17, 15) is 9.90 Å². The number of hydrogen-bond donors (Lipinski definition) is 4. The zero-order valence-corrected chi connectivity index (χ0v) is 14.1. The molecule has 1 heterocycles. The summed E-state index contributed by atoms with van der Waals surface area (Å²) in [6.07, 6.45) is 3.08. The normalized spacial score (nSPS) is 20.0. The molecule has 0 bridgehead atoms. The fourth-order valence-corrected chi connectivity index (χ4v) is 2.77. The zero-order chi connectivity index (χ0) is 17.6. The second kappa shape index (κ2) is 7.92. The van der Waals surface area contributed by atoms with E-state index in [4.69, 9.17) is 0 Å². The molecule has 0 saturated carbocycles. The summed E-state index contributed by atoms with van der Waals surface area (Å²) in [5, 5.41) is 13.6. The van der Waals surface area contributed by atoms with Gasteiger partial charge in [0.2, 0.25) is 0 Å². The van der Waals surface area contributed by atoms with E-state index in [2.05, 4.69) is 52.6 Å². The number of hydrazine groups is 1. The predicted molar refractivity (Wildman–Crippen MR) is 97.1 cm³/mol. The molecule has 1 aliphatic heterocycles. The highest BCUT2D eigenvalue weighted by Crippen LogP contribution is 2.22. The van der Waals surface area contributed by atoms with Gasteiger partial charge in [-0.1, -0.05) is 43.3 Å². The van der Waals surface area contributed by atoms with E-state index in [0.29, 0.717) is 12.0 Å². The Morgan fingerprint density at radius 3 is 2.72 bits per heavy atom. The number of hydrazone groups is 1. The van der Waals surface area contributed by atoms with Crippen molar-refractivity contribution in [3.8, 4) is 5.75 Å². The van der Waals surface area contributed by atoms with Crippen LogP contribution in [0.25, 0.3) is 0 Å². The maximum absolute atomic E-state index is 12.2. The number of carbonyl (C=O) groups is 1. The second-order valence-electron chi connectivity index (χ2n) is 6.02. The summed E-state index contributed by atoms with van der Waals surface area (Å²) in [5.74, 6) is -0.0939. The molecule has 25 heavy (non-hydrogen) atoms. The molecule has 130 valence electrons. The quantitative estimate of drug-likeness (QED) is 0.496. The van der Waals surface area contributed by atoms with Gasteiger partial charge in [0.1, 0.15) is 11.8 Å². The van der Waals surface area contributed by atoms with Crippen LogP contribution in [0.2, 0.25) is 0 Å². The molecule has 2 atom stereocenters. The Bertz CT molecular complexity index is 758. The third kappa shape index (κ3) is 4.23. The van der Waals surface area contributed by atoms with Crippen LogP contribution in [0.3, 0.4) is 0 Å². The van der Waals surface area contributed by atoms with Gasteiger partial charge >= 0.3 is 0 Å². The van der Waals surface area contributed by atoms with E-state index < -0.39 is 0 Å². The highest BCUT2D eigenvalue weighted by Gasteiger charge is 2.29. The number of aryl methyl sites for hydroxylation is 1. The number of amides is 1. The fraction of sp³-hybridized carbons (Fsp3) is 0.263. The van der Waals surface area contributed by atoms with Crippen molar-refractivity contribution in [1.82, 2.24) is 16.3 Å². The molecule has 3 rings (SSSR count).